The van der Waals surface area contributed by atoms with Crippen LogP contribution in [0.1, 0.15) is 12.5 Å². The zero-order valence-corrected chi connectivity index (χ0v) is 10.9. The highest BCUT2D eigenvalue weighted by Crippen LogP contribution is 2.31. The predicted molar refractivity (Wildman–Crippen MR) is 63.4 cm³/mol. The summed E-state index contributed by atoms with van der Waals surface area (Å²) in [6.07, 6.45) is -0.125. The van der Waals surface area contributed by atoms with Crippen LogP contribution in [0.4, 0.5) is 8.78 Å². The van der Waals surface area contributed by atoms with Crippen LogP contribution in [0.25, 0.3) is 0 Å². The number of carbonyl (C=O) groups excluding carboxylic acids is 1. The van der Waals surface area contributed by atoms with E-state index in [2.05, 4.69) is 4.74 Å². The van der Waals surface area contributed by atoms with Crippen LogP contribution in [-0.2, 0) is 16.0 Å². The minimum atomic E-state index is -2.96. The van der Waals surface area contributed by atoms with Gasteiger partial charge in [-0.15, -0.1) is 0 Å². The molecule has 1 rings (SSSR count). The molecule has 0 bridgehead atoms. The predicted octanol–water partition coefficient (Wildman–Crippen LogP) is 3.70. The van der Waals surface area contributed by atoms with Crippen molar-refractivity contribution >= 4 is 29.2 Å². The Balaban J connectivity index is 2.90. The molecule has 0 radical (unpaired) electrons. The zero-order chi connectivity index (χ0) is 13.7. The number of benzene rings is 1. The highest BCUT2D eigenvalue weighted by Gasteiger charge is 2.15. The van der Waals surface area contributed by atoms with Gasteiger partial charge in [-0.3, -0.25) is 4.79 Å². The molecule has 0 aliphatic rings. The second kappa shape index (κ2) is 6.75. The third-order valence-corrected chi connectivity index (χ3v) is 2.64. The van der Waals surface area contributed by atoms with E-state index in [1.165, 1.54) is 12.1 Å². The summed E-state index contributed by atoms with van der Waals surface area (Å²) >= 11 is 11.7. The molecule has 0 spiro atoms. The van der Waals surface area contributed by atoms with Gasteiger partial charge >= 0.3 is 12.6 Å². The maximum Gasteiger partial charge on any atom is 0.387 e. The number of carbonyl (C=O) groups is 1. The molecule has 3 nitrogen and oxygen atoms in total. The number of esters is 1. The van der Waals surface area contributed by atoms with Crippen molar-refractivity contribution in [3.63, 3.8) is 0 Å². The molecule has 0 atom stereocenters. The van der Waals surface area contributed by atoms with Gasteiger partial charge in [0.25, 0.3) is 0 Å². The van der Waals surface area contributed by atoms with Crippen molar-refractivity contribution < 1.29 is 23.0 Å². The van der Waals surface area contributed by atoms with Gasteiger partial charge in [-0.25, -0.2) is 0 Å². The monoisotopic (exact) mass is 298 g/mol. The van der Waals surface area contributed by atoms with Crippen LogP contribution < -0.4 is 4.74 Å². The van der Waals surface area contributed by atoms with E-state index in [-0.39, 0.29) is 28.8 Å². The Kier molecular flexibility index (Phi) is 5.62. The Bertz CT molecular complexity index is 415. The maximum atomic E-state index is 12.0. The zero-order valence-electron chi connectivity index (χ0n) is 9.38. The minimum Gasteiger partial charge on any atom is -0.466 e. The summed E-state index contributed by atoms with van der Waals surface area (Å²) in [6.45, 7) is -1.06. The Labute approximate surface area is 113 Å². The van der Waals surface area contributed by atoms with Crippen LogP contribution in [0.3, 0.4) is 0 Å². The Morgan fingerprint density at radius 2 is 1.89 bits per heavy atom. The van der Waals surface area contributed by atoms with E-state index in [1.54, 1.807) is 6.92 Å². The van der Waals surface area contributed by atoms with E-state index >= 15 is 0 Å². The van der Waals surface area contributed by atoms with Gasteiger partial charge in [0.15, 0.2) is 0 Å². The van der Waals surface area contributed by atoms with Crippen molar-refractivity contribution in [2.75, 3.05) is 6.61 Å². The third kappa shape index (κ3) is 4.31. The van der Waals surface area contributed by atoms with Crippen molar-refractivity contribution in [3.05, 3.63) is 27.7 Å². The topological polar surface area (TPSA) is 35.5 Å². The lowest BCUT2D eigenvalue weighted by atomic mass is 10.1. The number of rotatable bonds is 5. The van der Waals surface area contributed by atoms with Gasteiger partial charge in [-0.1, -0.05) is 23.2 Å². The number of hydrogen-bond donors (Lipinski definition) is 0. The van der Waals surface area contributed by atoms with E-state index in [4.69, 9.17) is 27.9 Å². The molecule has 100 valence electrons. The molecule has 0 unspecified atom stereocenters. The molecule has 1 aromatic rings. The standard InChI is InChI=1S/C11H10Cl2F2O3/c1-2-17-10(16)5-7-8(12)3-6(4-9(7)13)18-11(14)15/h3-4,11H,2,5H2,1H3. The van der Waals surface area contributed by atoms with Gasteiger partial charge in [0.2, 0.25) is 0 Å². The van der Waals surface area contributed by atoms with Crippen molar-refractivity contribution in [1.29, 1.82) is 0 Å². The summed E-state index contributed by atoms with van der Waals surface area (Å²) in [5.41, 5.74) is 0.318. The second-order valence-corrected chi connectivity index (χ2v) is 4.04. The van der Waals surface area contributed by atoms with Crippen molar-refractivity contribution in [2.45, 2.75) is 20.0 Å². The molecule has 1 aromatic carbocycles. The van der Waals surface area contributed by atoms with Crippen molar-refractivity contribution in [2.24, 2.45) is 0 Å². The molecule has 0 N–H and O–H groups in total. The molecule has 0 saturated carbocycles. The summed E-state index contributed by atoms with van der Waals surface area (Å²) in [7, 11) is 0. The van der Waals surface area contributed by atoms with E-state index in [0.717, 1.165) is 0 Å². The molecule has 0 aromatic heterocycles. The third-order valence-electron chi connectivity index (χ3n) is 1.97. The molecule has 18 heavy (non-hydrogen) atoms. The largest absolute Gasteiger partial charge is 0.466 e. The van der Waals surface area contributed by atoms with Crippen LogP contribution in [0.2, 0.25) is 10.0 Å². The van der Waals surface area contributed by atoms with Gasteiger partial charge in [0.05, 0.1) is 13.0 Å². The minimum absolute atomic E-state index is 0.0752. The Hall–Kier alpha value is -1.07. The quantitative estimate of drug-likeness (QED) is 0.778. The number of ether oxygens (including phenoxy) is 2. The van der Waals surface area contributed by atoms with Gasteiger partial charge < -0.3 is 9.47 Å². The highest BCUT2D eigenvalue weighted by molar-refractivity contribution is 6.36. The molecule has 0 fully saturated rings. The Morgan fingerprint density at radius 1 is 1.33 bits per heavy atom. The lowest BCUT2D eigenvalue weighted by Crippen LogP contribution is -2.09. The normalized spacial score (nSPS) is 10.6. The lowest BCUT2D eigenvalue weighted by molar-refractivity contribution is -0.142. The van der Waals surface area contributed by atoms with Crippen LogP contribution >= 0.6 is 23.2 Å². The number of halogens is 4. The molecule has 0 saturated heterocycles. The first kappa shape index (κ1) is 15.0. The molecule has 0 heterocycles. The summed E-state index contributed by atoms with van der Waals surface area (Å²) in [5.74, 6) is -0.656. The first-order valence-electron chi connectivity index (χ1n) is 5.02. The van der Waals surface area contributed by atoms with E-state index in [1.807, 2.05) is 0 Å². The van der Waals surface area contributed by atoms with Crippen LogP contribution in [0.5, 0.6) is 5.75 Å². The van der Waals surface area contributed by atoms with E-state index < -0.39 is 12.6 Å². The molecule has 0 aliphatic heterocycles. The van der Waals surface area contributed by atoms with Crippen molar-refractivity contribution in [3.8, 4) is 5.75 Å². The van der Waals surface area contributed by atoms with Gasteiger partial charge in [-0.05, 0) is 19.1 Å². The highest BCUT2D eigenvalue weighted by atomic mass is 35.5. The van der Waals surface area contributed by atoms with Gasteiger partial charge in [0.1, 0.15) is 5.75 Å². The molecular formula is C11H10Cl2F2O3. The molecule has 0 amide bonds. The summed E-state index contributed by atoms with van der Waals surface area (Å²) in [6, 6.07) is 2.35. The molecular weight excluding hydrogens is 289 g/mol. The van der Waals surface area contributed by atoms with Crippen LogP contribution in [0.15, 0.2) is 12.1 Å². The molecule has 7 heteroatoms. The lowest BCUT2D eigenvalue weighted by Gasteiger charge is -2.10. The fraction of sp³-hybridized carbons (Fsp3) is 0.364. The maximum absolute atomic E-state index is 12.0. The van der Waals surface area contributed by atoms with Crippen LogP contribution in [-0.4, -0.2) is 19.2 Å². The van der Waals surface area contributed by atoms with Gasteiger partial charge in [0, 0.05) is 15.6 Å². The Morgan fingerprint density at radius 3 is 2.33 bits per heavy atom. The summed E-state index contributed by atoms with van der Waals surface area (Å²) in [5, 5.41) is 0.150. The average Bonchev–Trinajstić information content (AvgIpc) is 2.23. The molecule has 0 aliphatic carbocycles. The van der Waals surface area contributed by atoms with Gasteiger partial charge in [-0.2, -0.15) is 8.78 Å². The van der Waals surface area contributed by atoms with E-state index in [0.29, 0.717) is 5.56 Å². The second-order valence-electron chi connectivity index (χ2n) is 3.23. The number of hydrogen-bond acceptors (Lipinski definition) is 3. The smallest absolute Gasteiger partial charge is 0.387 e. The first-order valence-corrected chi connectivity index (χ1v) is 5.78. The summed E-state index contributed by atoms with van der Waals surface area (Å²) in [4.78, 5) is 11.3. The first-order chi connectivity index (χ1) is 8.43. The number of alkyl halides is 2. The van der Waals surface area contributed by atoms with Crippen molar-refractivity contribution in [1.82, 2.24) is 0 Å². The van der Waals surface area contributed by atoms with E-state index in [9.17, 15) is 13.6 Å². The fourth-order valence-corrected chi connectivity index (χ4v) is 1.88. The fourth-order valence-electron chi connectivity index (χ4n) is 1.28. The average molecular weight is 299 g/mol. The van der Waals surface area contributed by atoms with Crippen LogP contribution in [0, 0.1) is 0 Å². The SMILES string of the molecule is CCOC(=O)Cc1c(Cl)cc(OC(F)F)cc1Cl. The summed E-state index contributed by atoms with van der Waals surface area (Å²) < 4.78 is 32.9.